The first-order valence-corrected chi connectivity index (χ1v) is 6.67. The van der Waals surface area contributed by atoms with Crippen molar-refractivity contribution in [3.05, 3.63) is 17.3 Å². The largest absolute Gasteiger partial charge is 0.480 e. The van der Waals surface area contributed by atoms with Gasteiger partial charge in [0.2, 0.25) is 0 Å². The Morgan fingerprint density at radius 1 is 1.47 bits per heavy atom. The fraction of sp³-hybridized carbons (Fsp3) is 0.364. The molecule has 0 aliphatic rings. The van der Waals surface area contributed by atoms with Gasteiger partial charge in [0, 0.05) is 10.3 Å². The van der Waals surface area contributed by atoms with Crippen LogP contribution in [0.5, 0.6) is 0 Å². The van der Waals surface area contributed by atoms with Crippen molar-refractivity contribution in [1.29, 1.82) is 0 Å². The highest BCUT2D eigenvalue weighted by Crippen LogP contribution is 2.37. The Labute approximate surface area is 107 Å². The third-order valence-corrected chi connectivity index (χ3v) is 4.45. The van der Waals surface area contributed by atoms with Crippen molar-refractivity contribution in [2.45, 2.75) is 30.5 Å². The number of fused-ring (bicyclic) bond motifs is 1. The van der Waals surface area contributed by atoms with E-state index < -0.39 is 10.7 Å². The van der Waals surface area contributed by atoms with Crippen LogP contribution in [0.4, 0.5) is 0 Å². The molecular formula is C11H12N2O2S2. The molecule has 0 radical (unpaired) electrons. The summed E-state index contributed by atoms with van der Waals surface area (Å²) < 4.78 is -0.892. The SMILES string of the molecule is Cc1cc2c(SC(C)(C)C(=O)O)ncnc2s1. The van der Waals surface area contributed by atoms with E-state index in [1.807, 2.05) is 13.0 Å². The summed E-state index contributed by atoms with van der Waals surface area (Å²) in [6.45, 7) is 5.35. The average molecular weight is 268 g/mol. The van der Waals surface area contributed by atoms with E-state index in [1.165, 1.54) is 18.1 Å². The molecule has 6 heteroatoms. The summed E-state index contributed by atoms with van der Waals surface area (Å²) in [6, 6.07) is 2.00. The molecule has 0 fully saturated rings. The fourth-order valence-electron chi connectivity index (χ4n) is 1.32. The molecule has 2 aromatic heterocycles. The van der Waals surface area contributed by atoms with Crippen LogP contribution >= 0.6 is 23.1 Å². The van der Waals surface area contributed by atoms with Gasteiger partial charge in [-0.3, -0.25) is 4.79 Å². The molecule has 0 spiro atoms. The summed E-state index contributed by atoms with van der Waals surface area (Å²) >= 11 is 2.84. The summed E-state index contributed by atoms with van der Waals surface area (Å²) in [4.78, 5) is 21.5. The van der Waals surface area contributed by atoms with E-state index in [2.05, 4.69) is 9.97 Å². The van der Waals surface area contributed by atoms with E-state index in [4.69, 9.17) is 5.11 Å². The Hall–Kier alpha value is -1.14. The summed E-state index contributed by atoms with van der Waals surface area (Å²) in [5.74, 6) is -0.846. The smallest absolute Gasteiger partial charge is 0.319 e. The monoisotopic (exact) mass is 268 g/mol. The first kappa shape index (κ1) is 12.3. The molecule has 0 aliphatic heterocycles. The highest BCUT2D eigenvalue weighted by Gasteiger charge is 2.30. The van der Waals surface area contributed by atoms with Crippen LogP contribution in [0.15, 0.2) is 17.4 Å². The molecule has 0 unspecified atom stereocenters. The number of thioether (sulfide) groups is 1. The van der Waals surface area contributed by atoms with Gasteiger partial charge in [-0.1, -0.05) is 11.8 Å². The number of carbonyl (C=O) groups is 1. The molecule has 0 bridgehead atoms. The van der Waals surface area contributed by atoms with Gasteiger partial charge in [0.05, 0.1) is 0 Å². The lowest BCUT2D eigenvalue weighted by Crippen LogP contribution is -2.27. The van der Waals surface area contributed by atoms with Crippen LogP contribution in [-0.2, 0) is 4.79 Å². The lowest BCUT2D eigenvalue weighted by Gasteiger charge is -2.17. The van der Waals surface area contributed by atoms with Crippen molar-refractivity contribution in [2.24, 2.45) is 0 Å². The Morgan fingerprint density at radius 2 is 2.18 bits per heavy atom. The molecule has 2 heterocycles. The molecular weight excluding hydrogens is 256 g/mol. The zero-order valence-corrected chi connectivity index (χ0v) is 11.4. The zero-order chi connectivity index (χ0) is 12.6. The number of thiophene rings is 1. The molecule has 1 N–H and O–H groups in total. The summed E-state index contributed by atoms with van der Waals surface area (Å²) in [7, 11) is 0. The minimum atomic E-state index is -0.892. The van der Waals surface area contributed by atoms with E-state index in [9.17, 15) is 4.79 Å². The van der Waals surface area contributed by atoms with Crippen molar-refractivity contribution >= 4 is 39.3 Å². The normalized spacial score (nSPS) is 11.9. The molecule has 2 aromatic rings. The topological polar surface area (TPSA) is 63.1 Å². The molecule has 0 aromatic carbocycles. The van der Waals surface area contributed by atoms with Gasteiger partial charge in [-0.2, -0.15) is 0 Å². The zero-order valence-electron chi connectivity index (χ0n) is 9.72. The number of aryl methyl sites for hydroxylation is 1. The lowest BCUT2D eigenvalue weighted by molar-refractivity contribution is -0.138. The van der Waals surface area contributed by atoms with Gasteiger partial charge >= 0.3 is 5.97 Å². The molecule has 0 amide bonds. The van der Waals surface area contributed by atoms with E-state index in [1.54, 1.807) is 25.2 Å². The van der Waals surface area contributed by atoms with Crippen LogP contribution in [0.1, 0.15) is 18.7 Å². The predicted molar refractivity (Wildman–Crippen MR) is 69.7 cm³/mol. The second kappa shape index (κ2) is 4.27. The molecule has 4 nitrogen and oxygen atoms in total. The second-order valence-corrected chi connectivity index (χ2v) is 7.02. The van der Waals surface area contributed by atoms with Crippen molar-refractivity contribution in [3.8, 4) is 0 Å². The summed E-state index contributed by atoms with van der Waals surface area (Å²) in [6.07, 6.45) is 1.48. The van der Waals surface area contributed by atoms with Crippen LogP contribution < -0.4 is 0 Å². The first-order valence-electron chi connectivity index (χ1n) is 5.04. The van der Waals surface area contributed by atoms with Crippen LogP contribution in [0.2, 0.25) is 0 Å². The molecule has 2 rings (SSSR count). The highest BCUT2D eigenvalue weighted by atomic mass is 32.2. The predicted octanol–water partition coefficient (Wildman–Crippen LogP) is 2.96. The van der Waals surface area contributed by atoms with Crippen LogP contribution in [0, 0.1) is 6.92 Å². The van der Waals surface area contributed by atoms with Crippen molar-refractivity contribution < 1.29 is 9.90 Å². The quantitative estimate of drug-likeness (QED) is 0.685. The Morgan fingerprint density at radius 3 is 2.82 bits per heavy atom. The van der Waals surface area contributed by atoms with Crippen molar-refractivity contribution in [3.63, 3.8) is 0 Å². The van der Waals surface area contributed by atoms with E-state index >= 15 is 0 Å². The molecule has 17 heavy (non-hydrogen) atoms. The number of carboxylic acids is 1. The number of rotatable bonds is 3. The third-order valence-electron chi connectivity index (χ3n) is 2.28. The summed E-state index contributed by atoms with van der Waals surface area (Å²) in [5.41, 5.74) is 0. The maximum atomic E-state index is 11.1. The number of nitrogens with zero attached hydrogens (tertiary/aromatic N) is 2. The van der Waals surface area contributed by atoms with Crippen molar-refractivity contribution in [2.75, 3.05) is 0 Å². The van der Waals surface area contributed by atoms with Gasteiger partial charge in [-0.05, 0) is 26.8 Å². The standard InChI is InChI=1S/C11H12N2O2S2/c1-6-4-7-8(16-6)12-5-13-9(7)17-11(2,3)10(14)15/h4-5H,1-3H3,(H,14,15). The summed E-state index contributed by atoms with van der Waals surface area (Å²) in [5, 5.41) is 10.8. The van der Waals surface area contributed by atoms with Crippen LogP contribution in [0.3, 0.4) is 0 Å². The highest BCUT2D eigenvalue weighted by molar-refractivity contribution is 8.01. The Balaban J connectivity index is 2.46. The molecule has 0 atom stereocenters. The van der Waals surface area contributed by atoms with E-state index in [0.717, 1.165) is 20.1 Å². The molecule has 0 aliphatic carbocycles. The van der Waals surface area contributed by atoms with Crippen LogP contribution in [-0.4, -0.2) is 25.8 Å². The number of aromatic nitrogens is 2. The Bertz CT molecular complexity index is 578. The van der Waals surface area contributed by atoms with Gasteiger partial charge in [0.25, 0.3) is 0 Å². The maximum Gasteiger partial charge on any atom is 0.319 e. The fourth-order valence-corrected chi connectivity index (χ4v) is 3.17. The number of hydrogen-bond donors (Lipinski definition) is 1. The molecule has 90 valence electrons. The second-order valence-electron chi connectivity index (χ2n) is 4.17. The Kier molecular flexibility index (Phi) is 3.09. The minimum absolute atomic E-state index is 0.728. The molecule has 0 saturated carbocycles. The molecule has 0 saturated heterocycles. The number of carboxylic acid groups (broad SMARTS) is 1. The average Bonchev–Trinajstić information content (AvgIpc) is 2.59. The van der Waals surface area contributed by atoms with Gasteiger partial charge < -0.3 is 5.11 Å². The van der Waals surface area contributed by atoms with Gasteiger partial charge in [0.15, 0.2) is 0 Å². The van der Waals surface area contributed by atoms with Crippen molar-refractivity contribution in [1.82, 2.24) is 9.97 Å². The first-order chi connectivity index (χ1) is 7.90. The lowest BCUT2D eigenvalue weighted by atomic mass is 10.2. The van der Waals surface area contributed by atoms with Crippen LogP contribution in [0.25, 0.3) is 10.2 Å². The van der Waals surface area contributed by atoms with Gasteiger partial charge in [0.1, 0.15) is 20.9 Å². The number of hydrogen-bond acceptors (Lipinski definition) is 5. The van der Waals surface area contributed by atoms with Gasteiger partial charge in [-0.15, -0.1) is 11.3 Å². The van der Waals surface area contributed by atoms with E-state index in [0.29, 0.717) is 0 Å². The minimum Gasteiger partial charge on any atom is -0.480 e. The van der Waals surface area contributed by atoms with E-state index in [-0.39, 0.29) is 0 Å². The third kappa shape index (κ3) is 2.42. The van der Waals surface area contributed by atoms with Gasteiger partial charge in [-0.25, -0.2) is 9.97 Å². The maximum absolute atomic E-state index is 11.1. The number of aliphatic carboxylic acids is 1.